The van der Waals surface area contributed by atoms with Crippen LogP contribution in [-0.4, -0.2) is 16.2 Å². The van der Waals surface area contributed by atoms with Crippen LogP contribution in [0.3, 0.4) is 0 Å². The molecule has 0 unspecified atom stereocenters. The number of nitrogens with one attached hydrogen (secondary N) is 2. The Kier molecular flexibility index (Phi) is 4.04. The molecule has 2 aromatic rings. The molecule has 2 N–H and O–H groups in total. The van der Waals surface area contributed by atoms with Crippen molar-refractivity contribution in [3.63, 3.8) is 0 Å². The number of imidazole rings is 1. The van der Waals surface area contributed by atoms with Crippen molar-refractivity contribution in [1.29, 1.82) is 0 Å². The zero-order chi connectivity index (χ0) is 13.9. The lowest BCUT2D eigenvalue weighted by Gasteiger charge is -2.05. The fourth-order valence-electron chi connectivity index (χ4n) is 1.48. The summed E-state index contributed by atoms with van der Waals surface area (Å²) in [5, 5.41) is 2.82. The van der Waals surface area contributed by atoms with Crippen molar-refractivity contribution in [2.24, 2.45) is 0 Å². The summed E-state index contributed by atoms with van der Waals surface area (Å²) in [6.07, 6.45) is -1.64. The van der Waals surface area contributed by atoms with Gasteiger partial charge in [-0.3, -0.25) is 0 Å². The number of thioether (sulfide) groups is 1. The minimum Gasteiger partial charge on any atom is -0.352 e. The summed E-state index contributed by atoms with van der Waals surface area (Å²) in [4.78, 5) is 6.98. The molecule has 0 saturated carbocycles. The van der Waals surface area contributed by atoms with Crippen molar-refractivity contribution < 1.29 is 13.2 Å². The third kappa shape index (κ3) is 3.66. The fourth-order valence-corrected chi connectivity index (χ4v) is 1.89. The van der Waals surface area contributed by atoms with Gasteiger partial charge in [0.2, 0.25) is 5.95 Å². The van der Waals surface area contributed by atoms with Gasteiger partial charge in [0.05, 0.1) is 6.20 Å². The number of aromatic nitrogens is 2. The van der Waals surface area contributed by atoms with E-state index in [1.807, 2.05) is 30.5 Å². The number of hydrogen-bond acceptors (Lipinski definition) is 3. The van der Waals surface area contributed by atoms with E-state index in [-0.39, 0.29) is 5.95 Å². The standard InChI is InChI=1S/C12H12F3N3S/c1-19-9-4-2-8(3-5-9)6-16-11-17-7-10(18-11)12(13,14)15/h2-5,7H,6H2,1H3,(H2,16,17,18). The number of hydrogen-bond donors (Lipinski definition) is 2. The van der Waals surface area contributed by atoms with E-state index in [1.54, 1.807) is 11.8 Å². The molecule has 2 rings (SSSR count). The predicted octanol–water partition coefficient (Wildman–Crippen LogP) is 3.76. The highest BCUT2D eigenvalue weighted by molar-refractivity contribution is 7.98. The summed E-state index contributed by atoms with van der Waals surface area (Å²) in [5.41, 5.74) is 0.121. The van der Waals surface area contributed by atoms with E-state index in [1.165, 1.54) is 0 Å². The molecule has 0 bridgehead atoms. The molecular weight excluding hydrogens is 275 g/mol. The molecule has 7 heteroatoms. The number of halogens is 3. The first-order valence-corrected chi connectivity index (χ1v) is 6.70. The zero-order valence-corrected chi connectivity index (χ0v) is 10.9. The van der Waals surface area contributed by atoms with Crippen molar-refractivity contribution in [3.05, 3.63) is 41.7 Å². The maximum atomic E-state index is 12.3. The van der Waals surface area contributed by atoms with Gasteiger partial charge in [-0.05, 0) is 24.0 Å². The number of rotatable bonds is 4. The van der Waals surface area contributed by atoms with Crippen LogP contribution in [0.1, 0.15) is 11.3 Å². The van der Waals surface area contributed by atoms with Crippen LogP contribution in [-0.2, 0) is 12.7 Å². The Morgan fingerprint density at radius 2 is 1.95 bits per heavy atom. The molecule has 0 aliphatic rings. The Morgan fingerprint density at radius 1 is 1.26 bits per heavy atom. The maximum Gasteiger partial charge on any atom is 0.432 e. The first kappa shape index (κ1) is 13.8. The number of benzene rings is 1. The molecule has 1 aromatic heterocycles. The van der Waals surface area contributed by atoms with Crippen LogP contribution < -0.4 is 5.32 Å². The monoisotopic (exact) mass is 287 g/mol. The van der Waals surface area contributed by atoms with Crippen LogP contribution in [0.4, 0.5) is 19.1 Å². The first-order chi connectivity index (χ1) is 8.99. The van der Waals surface area contributed by atoms with Gasteiger partial charge in [-0.15, -0.1) is 11.8 Å². The van der Waals surface area contributed by atoms with Gasteiger partial charge in [-0.25, -0.2) is 4.98 Å². The Labute approximate surface area is 112 Å². The Bertz CT molecular complexity index is 534. The van der Waals surface area contributed by atoms with E-state index in [2.05, 4.69) is 15.3 Å². The second-order valence-corrected chi connectivity index (χ2v) is 4.72. The molecule has 0 aliphatic heterocycles. The van der Waals surface area contributed by atoms with Gasteiger partial charge in [-0.2, -0.15) is 13.2 Å². The van der Waals surface area contributed by atoms with Crippen LogP contribution in [0.5, 0.6) is 0 Å². The van der Waals surface area contributed by atoms with Gasteiger partial charge in [-0.1, -0.05) is 12.1 Å². The number of alkyl halides is 3. The van der Waals surface area contributed by atoms with Gasteiger partial charge >= 0.3 is 6.18 Å². The Hall–Kier alpha value is -1.63. The molecule has 0 radical (unpaired) electrons. The lowest BCUT2D eigenvalue weighted by Crippen LogP contribution is -2.06. The molecule has 1 aromatic carbocycles. The summed E-state index contributed by atoms with van der Waals surface area (Å²) in [5.74, 6) is 0.112. The fraction of sp³-hybridized carbons (Fsp3) is 0.250. The third-order valence-electron chi connectivity index (χ3n) is 2.50. The number of aromatic amines is 1. The van der Waals surface area contributed by atoms with E-state index >= 15 is 0 Å². The number of anilines is 1. The summed E-state index contributed by atoms with van der Waals surface area (Å²) in [7, 11) is 0. The van der Waals surface area contributed by atoms with Gasteiger partial charge in [0.15, 0.2) is 0 Å². The van der Waals surface area contributed by atoms with Crippen LogP contribution in [0, 0.1) is 0 Å². The summed E-state index contributed by atoms with van der Waals surface area (Å²) in [6.45, 7) is 0.416. The van der Waals surface area contributed by atoms with E-state index in [0.29, 0.717) is 6.54 Å². The highest BCUT2D eigenvalue weighted by Gasteiger charge is 2.32. The molecule has 0 spiro atoms. The van der Waals surface area contributed by atoms with E-state index in [9.17, 15) is 13.2 Å². The van der Waals surface area contributed by atoms with Crippen molar-refractivity contribution in [3.8, 4) is 0 Å². The minimum atomic E-state index is -4.40. The quantitative estimate of drug-likeness (QED) is 0.841. The molecule has 0 amide bonds. The van der Waals surface area contributed by atoms with E-state index in [4.69, 9.17) is 0 Å². The molecule has 0 atom stereocenters. The van der Waals surface area contributed by atoms with Gasteiger partial charge < -0.3 is 10.3 Å². The Balaban J connectivity index is 1.96. The second kappa shape index (κ2) is 5.56. The molecule has 0 fully saturated rings. The largest absolute Gasteiger partial charge is 0.432 e. The zero-order valence-electron chi connectivity index (χ0n) is 10.1. The van der Waals surface area contributed by atoms with E-state index in [0.717, 1.165) is 16.7 Å². The highest BCUT2D eigenvalue weighted by atomic mass is 32.2. The van der Waals surface area contributed by atoms with Crippen LogP contribution in [0.25, 0.3) is 0 Å². The summed E-state index contributed by atoms with van der Waals surface area (Å²) < 4.78 is 37.0. The van der Waals surface area contributed by atoms with Gasteiger partial charge in [0.25, 0.3) is 0 Å². The number of nitrogens with zero attached hydrogens (tertiary/aromatic N) is 1. The molecule has 102 valence electrons. The van der Waals surface area contributed by atoms with Crippen molar-refractivity contribution in [2.75, 3.05) is 11.6 Å². The molecule has 1 heterocycles. The summed E-state index contributed by atoms with van der Waals surface area (Å²) >= 11 is 1.63. The summed E-state index contributed by atoms with van der Waals surface area (Å²) in [6, 6.07) is 7.77. The Morgan fingerprint density at radius 3 is 2.47 bits per heavy atom. The molecule has 0 aliphatic carbocycles. The molecule has 19 heavy (non-hydrogen) atoms. The average Bonchev–Trinajstić information content (AvgIpc) is 2.86. The van der Waals surface area contributed by atoms with Crippen LogP contribution >= 0.6 is 11.8 Å². The maximum absolute atomic E-state index is 12.3. The molecule has 0 saturated heterocycles. The predicted molar refractivity (Wildman–Crippen MR) is 69.1 cm³/mol. The lowest BCUT2D eigenvalue weighted by molar-refractivity contribution is -0.140. The number of H-pyrrole nitrogens is 1. The minimum absolute atomic E-state index is 0.112. The van der Waals surface area contributed by atoms with Crippen LogP contribution in [0.15, 0.2) is 35.4 Å². The van der Waals surface area contributed by atoms with E-state index < -0.39 is 11.9 Å². The van der Waals surface area contributed by atoms with Gasteiger partial charge in [0.1, 0.15) is 5.69 Å². The van der Waals surface area contributed by atoms with Crippen molar-refractivity contribution >= 4 is 17.7 Å². The van der Waals surface area contributed by atoms with Crippen molar-refractivity contribution in [1.82, 2.24) is 9.97 Å². The molecule has 3 nitrogen and oxygen atoms in total. The smallest absolute Gasteiger partial charge is 0.352 e. The third-order valence-corrected chi connectivity index (χ3v) is 3.24. The molecular formula is C12H12F3N3S. The first-order valence-electron chi connectivity index (χ1n) is 5.48. The highest BCUT2D eigenvalue weighted by Crippen LogP contribution is 2.28. The lowest BCUT2D eigenvalue weighted by atomic mass is 10.2. The normalized spacial score (nSPS) is 11.6. The van der Waals surface area contributed by atoms with Crippen molar-refractivity contribution in [2.45, 2.75) is 17.6 Å². The second-order valence-electron chi connectivity index (χ2n) is 3.84. The average molecular weight is 287 g/mol. The SMILES string of the molecule is CSc1ccc(CNc2ncc(C(F)(F)F)[nH]2)cc1. The van der Waals surface area contributed by atoms with Gasteiger partial charge in [0, 0.05) is 11.4 Å². The topological polar surface area (TPSA) is 40.7 Å². The van der Waals surface area contributed by atoms with Crippen LogP contribution in [0.2, 0.25) is 0 Å².